The van der Waals surface area contributed by atoms with Gasteiger partial charge in [-0.2, -0.15) is 0 Å². The monoisotopic (exact) mass is 2080 g/mol. The average molecular weight is 2080 g/mol. The van der Waals surface area contributed by atoms with Gasteiger partial charge in [-0.25, -0.2) is 72.0 Å². The Bertz CT molecular complexity index is 5300. The van der Waals surface area contributed by atoms with Gasteiger partial charge in [0.15, 0.2) is 0 Å². The summed E-state index contributed by atoms with van der Waals surface area (Å²) >= 11 is 0. The molecule has 818 valence electrons. The molecule has 0 heterocycles. The van der Waals surface area contributed by atoms with Gasteiger partial charge in [-0.3, -0.25) is 5.26 Å². The summed E-state index contributed by atoms with van der Waals surface area (Å²) in [5, 5.41) is 39.4. The second-order valence-corrected chi connectivity index (χ2v) is 35.0. The van der Waals surface area contributed by atoms with E-state index in [1.165, 1.54) is 151 Å². The molecule has 3 atom stereocenters. The van der Waals surface area contributed by atoms with E-state index in [-0.39, 0.29) is 87.6 Å². The number of benzene rings is 2. The minimum atomic E-state index is -0.780. The molecule has 7 rings (SSSR count). The van der Waals surface area contributed by atoms with E-state index in [0.717, 1.165) is 97.6 Å². The molecule has 2 aromatic carbocycles. The number of phenols is 1. The Hall–Kier alpha value is -14.2. The van der Waals surface area contributed by atoms with Crippen molar-refractivity contribution < 1.29 is 166 Å². The molecule has 5 aliphatic rings. The van der Waals surface area contributed by atoms with E-state index in [9.17, 15) is 82.4 Å². The van der Waals surface area contributed by atoms with E-state index in [4.69, 9.17) is 53.1 Å². The maximum atomic E-state index is 11.9. The van der Waals surface area contributed by atoms with Crippen molar-refractivity contribution in [3.63, 3.8) is 0 Å². The lowest BCUT2D eigenvalue weighted by Crippen LogP contribution is -2.26. The molecule has 6 N–H and O–H groups in total. The molecule has 2 aromatic rings. The highest BCUT2D eigenvalue weighted by atomic mass is 17.1. The van der Waals surface area contributed by atoms with Gasteiger partial charge in [0.25, 0.3) is 0 Å². The molecule has 0 bridgehead atoms. The van der Waals surface area contributed by atoms with Crippen molar-refractivity contribution >= 4 is 83.6 Å². The highest BCUT2D eigenvalue weighted by Crippen LogP contribution is 2.36. The Balaban J connectivity index is -0.00000166. The van der Waals surface area contributed by atoms with Crippen LogP contribution in [0.25, 0.3) is 0 Å². The number of methoxy groups -OCH3 is 14. The van der Waals surface area contributed by atoms with Gasteiger partial charge in [-0.05, 0) is 270 Å². The first-order valence-electron chi connectivity index (χ1n) is 47.2. The van der Waals surface area contributed by atoms with Gasteiger partial charge < -0.3 is 87.1 Å². The molecule has 0 spiro atoms. The zero-order chi connectivity index (χ0) is 112. The van der Waals surface area contributed by atoms with Crippen molar-refractivity contribution in [2.45, 2.75) is 250 Å². The molecule has 148 heavy (non-hydrogen) atoms. The zero-order valence-electron chi connectivity index (χ0n) is 90.8. The molecular formula is C112H154O36. The summed E-state index contributed by atoms with van der Waals surface area (Å²) in [5.74, 6) is -7.92. The van der Waals surface area contributed by atoms with Gasteiger partial charge in [-0.15, -0.1) is 0 Å². The number of carbonyl (C=O) groups excluding carboxylic acids is 14. The van der Waals surface area contributed by atoms with E-state index in [1.807, 2.05) is 99.6 Å². The Morgan fingerprint density at radius 1 is 0.297 bits per heavy atom. The fourth-order valence-corrected chi connectivity index (χ4v) is 14.7. The Morgan fingerprint density at radius 2 is 0.547 bits per heavy atom. The van der Waals surface area contributed by atoms with Crippen LogP contribution in [0.2, 0.25) is 0 Å². The largest absolute Gasteiger partial charge is 0.508 e. The lowest BCUT2D eigenvalue weighted by atomic mass is 9.87. The first kappa shape index (κ1) is 136. The third kappa shape index (κ3) is 48.0. The van der Waals surface area contributed by atoms with Crippen molar-refractivity contribution in [2.75, 3.05) is 99.5 Å². The van der Waals surface area contributed by atoms with Crippen LogP contribution in [0.5, 0.6) is 5.75 Å². The molecular weight excluding hydrogens is 1920 g/mol. The second kappa shape index (κ2) is 73.8. The SMILES string of the molecule is COC(=O)C1=C(C(=O)OC)CC(CCC=C(C)C)=CC1.COC(=O)C1=C(C(=O)OC)CC(CCC=C(C)C)=CC1.COC(=O)C1=C(C(=O)OC)CC(O)C(CCC=C(C)C)=C1.COC(=O)C1=C(C(=O)OC)CC(O)C(CCC=C(C)C)=C1.COC(=O)C1=C(C(=O)OC)CC(OO)C(CCC=C(C)C)=C1.COC(=O)c1cc(O)c(CCC=C(C)C)cc1C(=O)OC.COC(=O)c1ccc(CCC=C(C)C)cc1C(=O)OC.O.O=O.[HH]. The number of hydrogen-bond donors (Lipinski definition) is 4. The van der Waals surface area contributed by atoms with Crippen molar-refractivity contribution in [3.05, 3.63) is 269 Å². The van der Waals surface area contributed by atoms with Gasteiger partial charge in [0, 0.05) is 43.5 Å². The van der Waals surface area contributed by atoms with Crippen LogP contribution >= 0.6 is 0 Å². The number of aromatic hydroxyl groups is 1. The van der Waals surface area contributed by atoms with Crippen molar-refractivity contribution in [2.24, 2.45) is 0 Å². The van der Waals surface area contributed by atoms with Gasteiger partial charge in [0.2, 0.25) is 0 Å². The summed E-state index contributed by atoms with van der Waals surface area (Å²) in [5.41, 5.74) is 17.8. The van der Waals surface area contributed by atoms with Crippen LogP contribution in [0.15, 0.2) is 226 Å². The fourth-order valence-electron chi connectivity index (χ4n) is 14.7. The van der Waals surface area contributed by atoms with Crippen LogP contribution < -0.4 is 0 Å². The van der Waals surface area contributed by atoms with E-state index < -0.39 is 102 Å². The number of phenolic OH excluding ortho intramolecular Hbond substituents is 1. The number of esters is 14. The molecule has 36 nitrogen and oxygen atoms in total. The van der Waals surface area contributed by atoms with E-state index in [2.05, 4.69) is 91.4 Å². The molecule has 0 amide bonds. The number of allylic oxidation sites excluding steroid dienone is 18. The summed E-state index contributed by atoms with van der Waals surface area (Å²) in [6, 6.07) is 7.85. The van der Waals surface area contributed by atoms with Gasteiger partial charge >= 0.3 is 83.6 Å². The minimum absolute atomic E-state index is 0. The second-order valence-electron chi connectivity index (χ2n) is 35.0. The van der Waals surface area contributed by atoms with Crippen molar-refractivity contribution in [1.82, 2.24) is 0 Å². The number of rotatable bonds is 36. The minimum Gasteiger partial charge on any atom is -0.508 e. The number of aliphatic hydroxyl groups is 2. The normalized spacial score (nSPS) is 14.4. The van der Waals surface area contributed by atoms with Gasteiger partial charge in [-0.1, -0.05) is 111 Å². The topological polar surface area (TPSA) is 524 Å². The maximum Gasteiger partial charge on any atom is 0.338 e. The molecule has 0 saturated carbocycles. The van der Waals surface area contributed by atoms with Crippen LogP contribution in [0.1, 0.15) is 273 Å². The summed E-state index contributed by atoms with van der Waals surface area (Å²) in [7, 11) is 17.8. The third-order valence-corrected chi connectivity index (χ3v) is 22.4. The summed E-state index contributed by atoms with van der Waals surface area (Å²) < 4.78 is 65.7. The number of aryl methyl sites for hydroxylation is 2. The quantitative estimate of drug-likeness (QED) is 0.0162. The number of ether oxygens (including phenoxy) is 14. The first-order chi connectivity index (χ1) is 69.6. The van der Waals surface area contributed by atoms with Crippen molar-refractivity contribution in [3.8, 4) is 5.75 Å². The molecule has 0 saturated heterocycles. The fraction of sp³-hybridized carbons (Fsp3) is 0.464. The Morgan fingerprint density at radius 3 is 0.851 bits per heavy atom. The van der Waals surface area contributed by atoms with Crippen LogP contribution in [0.4, 0.5) is 0 Å². The Labute approximate surface area is 869 Å². The predicted octanol–water partition coefficient (Wildman–Crippen LogP) is 18.4. The third-order valence-electron chi connectivity index (χ3n) is 22.4. The average Bonchev–Trinajstić information content (AvgIpc) is 1.02. The summed E-state index contributed by atoms with van der Waals surface area (Å²) in [6.45, 7) is 28.3. The summed E-state index contributed by atoms with van der Waals surface area (Å²) in [6.07, 6.45) is 33.9. The summed E-state index contributed by atoms with van der Waals surface area (Å²) in [4.78, 5) is 183. The predicted molar refractivity (Wildman–Crippen MR) is 559 cm³/mol. The van der Waals surface area contributed by atoms with Crippen LogP contribution in [0, 0.1) is 9.93 Å². The highest BCUT2D eigenvalue weighted by Gasteiger charge is 2.36. The molecule has 0 aromatic heterocycles. The van der Waals surface area contributed by atoms with E-state index >= 15 is 0 Å². The lowest BCUT2D eigenvalue weighted by molar-refractivity contribution is -0.268. The standard InChI is InChI=1S/C16H22O6.2C16H22O5.C16H20O5.2C16H22O4.C16H20O4.O2.H2O.H2/c1-10(2)6-5-7-11-8-12(15(17)20-3)13(16(18)21-4)9-14(11)22-19;3*1-10(2)6-5-7-11-8-12(15(18)20-3)13(9-14(11)17)16(19)21-4;3*1-11(2)6-5-7-12-8-9-13(15(17)19-3)14(10-12)16(18)20-4;1-2;;/h6,8,14,19H,5,7,9H2,1-4H3;2*6,8,14,17H,5,7,9H2,1-4H3;6,8-9,17H,5,7H2,1-4H3;2*6,8H,5,7,9-10H2,1-4H3;6,8-10H,5,7H2,1-4H3;;1H2;1H. The molecule has 0 radical (unpaired) electrons. The smallest absolute Gasteiger partial charge is 0.338 e. The van der Waals surface area contributed by atoms with Gasteiger partial charge in [0.1, 0.15) is 11.9 Å². The number of hydrogen-bond acceptors (Lipinski definition) is 35. The van der Waals surface area contributed by atoms with E-state index in [1.54, 1.807) is 30.4 Å². The zero-order valence-corrected chi connectivity index (χ0v) is 90.8. The molecule has 0 aliphatic heterocycles. The van der Waals surface area contributed by atoms with Crippen molar-refractivity contribution in [1.29, 1.82) is 0 Å². The highest BCUT2D eigenvalue weighted by molar-refractivity contribution is 6.07. The van der Waals surface area contributed by atoms with Gasteiger partial charge in [0.05, 0.1) is 190 Å². The first-order valence-corrected chi connectivity index (χ1v) is 47.2. The van der Waals surface area contributed by atoms with Crippen LogP contribution in [-0.4, -0.2) is 227 Å². The maximum absolute atomic E-state index is 11.9. The molecule has 5 aliphatic carbocycles. The van der Waals surface area contributed by atoms with E-state index in [0.29, 0.717) is 79.2 Å². The van der Waals surface area contributed by atoms with Crippen LogP contribution in [0.3, 0.4) is 0 Å². The number of carbonyl (C=O) groups is 14. The number of aliphatic hydroxyl groups excluding tert-OH is 2. The molecule has 3 unspecified atom stereocenters. The van der Waals surface area contributed by atoms with Crippen LogP contribution in [-0.2, 0) is 132 Å². The Kier molecular flexibility index (Phi) is 67.7. The molecule has 0 fully saturated rings. The molecule has 36 heteroatoms. The lowest BCUT2D eigenvalue weighted by Gasteiger charge is -2.24.